The van der Waals surface area contributed by atoms with E-state index in [1.54, 1.807) is 0 Å². The van der Waals surface area contributed by atoms with E-state index in [9.17, 15) is 0 Å². The number of anilines is 2. The molecule has 0 amide bonds. The Hall–Kier alpha value is -2.75. The van der Waals surface area contributed by atoms with Crippen LogP contribution in [0.25, 0.3) is 11.3 Å². The number of pyridine rings is 1. The van der Waals surface area contributed by atoms with E-state index < -0.39 is 0 Å². The van der Waals surface area contributed by atoms with Crippen LogP contribution in [0, 0.1) is 6.92 Å². The van der Waals surface area contributed by atoms with Gasteiger partial charge in [0, 0.05) is 16.6 Å². The number of fused-ring (bicyclic) bond motifs is 5. The highest BCUT2D eigenvalue weighted by Crippen LogP contribution is 2.47. The molecule has 3 aliphatic rings. The van der Waals surface area contributed by atoms with Gasteiger partial charge in [-0.2, -0.15) is 4.57 Å². The molecule has 4 heterocycles. The van der Waals surface area contributed by atoms with Gasteiger partial charge in [-0.05, 0) is 25.1 Å². The summed E-state index contributed by atoms with van der Waals surface area (Å²) in [6.45, 7) is 3.12. The molecule has 0 fully saturated rings. The lowest BCUT2D eigenvalue weighted by Gasteiger charge is -2.27. The molecule has 0 aliphatic carbocycles. The smallest absolute Gasteiger partial charge is 0.525 e. The molecule has 108 valence electrons. The second-order valence-electron chi connectivity index (χ2n) is 6.57. The van der Waals surface area contributed by atoms with Gasteiger partial charge in [0.1, 0.15) is 11.4 Å². The van der Waals surface area contributed by atoms with Crippen LogP contribution in [0.2, 0.25) is 0 Å². The molecule has 0 unspecified atom stereocenters. The van der Waals surface area contributed by atoms with Gasteiger partial charge < -0.3 is 9.47 Å². The summed E-state index contributed by atoms with van der Waals surface area (Å²) in [4.78, 5) is 2.35. The fourth-order valence-corrected chi connectivity index (χ4v) is 4.30. The molecule has 23 heavy (non-hydrogen) atoms. The zero-order valence-corrected chi connectivity index (χ0v) is 12.8. The maximum atomic E-state index is 6.33. The number of aryl methyl sites for hydroxylation is 1. The fraction of sp³-hybridized carbons (Fsp3) is 0.105. The zero-order chi connectivity index (χ0) is 15.1. The Kier molecular flexibility index (Phi) is 1.93. The third-order valence-corrected chi connectivity index (χ3v) is 5.14. The van der Waals surface area contributed by atoms with Crippen molar-refractivity contribution in [3.05, 3.63) is 65.9 Å². The Morgan fingerprint density at radius 2 is 2.00 bits per heavy atom. The largest absolute Gasteiger partial charge is 0.536 e. The van der Waals surface area contributed by atoms with E-state index in [4.69, 9.17) is 4.65 Å². The third kappa shape index (κ3) is 1.31. The van der Waals surface area contributed by atoms with Crippen LogP contribution in [0.1, 0.15) is 11.1 Å². The highest BCUT2D eigenvalue weighted by molar-refractivity contribution is 6.77. The summed E-state index contributed by atoms with van der Waals surface area (Å²) in [5.41, 5.74) is 9.08. The van der Waals surface area contributed by atoms with Crippen LogP contribution in [-0.2, 0) is 6.54 Å². The second-order valence-corrected chi connectivity index (χ2v) is 6.57. The van der Waals surface area contributed by atoms with E-state index in [1.165, 1.54) is 33.5 Å². The van der Waals surface area contributed by atoms with E-state index in [0.717, 1.165) is 18.0 Å². The Balaban J connectivity index is 1.76. The summed E-state index contributed by atoms with van der Waals surface area (Å²) in [5.74, 6) is 0.968. The van der Waals surface area contributed by atoms with Crippen molar-refractivity contribution in [2.45, 2.75) is 13.5 Å². The van der Waals surface area contributed by atoms with Crippen molar-refractivity contribution in [1.82, 2.24) is 0 Å². The number of para-hydroxylation sites is 2. The lowest BCUT2D eigenvalue weighted by molar-refractivity contribution is -0.671. The van der Waals surface area contributed by atoms with Crippen LogP contribution in [0.5, 0.6) is 5.75 Å². The molecule has 0 N–H and O–H groups in total. The van der Waals surface area contributed by atoms with Crippen molar-refractivity contribution < 1.29 is 9.22 Å². The molecule has 2 aromatic carbocycles. The van der Waals surface area contributed by atoms with Gasteiger partial charge in [0.2, 0.25) is 5.69 Å². The van der Waals surface area contributed by atoms with Gasteiger partial charge in [-0.25, -0.2) is 0 Å². The average Bonchev–Trinajstić information content (AvgIpc) is 3.12. The minimum absolute atomic E-state index is 0.0526. The molecule has 0 saturated heterocycles. The van der Waals surface area contributed by atoms with Crippen LogP contribution in [0.3, 0.4) is 0 Å². The van der Waals surface area contributed by atoms with Gasteiger partial charge in [0.25, 0.3) is 0 Å². The lowest BCUT2D eigenvalue weighted by Crippen LogP contribution is -2.51. The van der Waals surface area contributed by atoms with Gasteiger partial charge in [-0.15, -0.1) is 0 Å². The average molecular weight is 297 g/mol. The molecule has 4 heteroatoms. The van der Waals surface area contributed by atoms with E-state index in [2.05, 4.69) is 65.0 Å². The summed E-state index contributed by atoms with van der Waals surface area (Å²) in [5, 5.41) is 0. The standard InChI is InChI=1S/C19H14BN2O/c1-12-9-16-19-18-13(11-21(19)10-12)5-4-6-14(18)20-22(16)15-7-2-3-8-17(15)23-20/h2-10H,11H2,1H3/q+1. The molecule has 0 saturated carbocycles. The van der Waals surface area contributed by atoms with Crippen LogP contribution in [0.4, 0.5) is 11.4 Å². The number of nitrogens with zero attached hydrogens (tertiary/aromatic N) is 2. The van der Waals surface area contributed by atoms with Gasteiger partial charge in [-0.3, -0.25) is 0 Å². The number of hydrogen-bond donors (Lipinski definition) is 0. The Morgan fingerprint density at radius 1 is 1.09 bits per heavy atom. The third-order valence-electron chi connectivity index (χ3n) is 5.14. The first kappa shape index (κ1) is 11.8. The summed E-state index contributed by atoms with van der Waals surface area (Å²) in [6, 6.07) is 17.2. The van der Waals surface area contributed by atoms with Crippen molar-refractivity contribution in [1.29, 1.82) is 0 Å². The fourth-order valence-electron chi connectivity index (χ4n) is 4.30. The Bertz CT molecular complexity index is 1010. The number of rotatable bonds is 0. The minimum atomic E-state index is -0.0526. The van der Waals surface area contributed by atoms with Crippen molar-refractivity contribution in [3.8, 4) is 17.0 Å². The number of benzene rings is 2. The first-order valence-corrected chi connectivity index (χ1v) is 8.02. The van der Waals surface area contributed by atoms with Crippen LogP contribution in [-0.4, -0.2) is 7.05 Å². The van der Waals surface area contributed by atoms with E-state index in [1.807, 2.05) is 6.07 Å². The van der Waals surface area contributed by atoms with Gasteiger partial charge in [-0.1, -0.05) is 30.3 Å². The lowest BCUT2D eigenvalue weighted by atomic mass is 9.65. The molecule has 0 bridgehead atoms. The number of aromatic nitrogens is 1. The van der Waals surface area contributed by atoms with E-state index >= 15 is 0 Å². The zero-order valence-electron chi connectivity index (χ0n) is 12.8. The summed E-state index contributed by atoms with van der Waals surface area (Å²) in [7, 11) is -0.0526. The van der Waals surface area contributed by atoms with Crippen LogP contribution >= 0.6 is 0 Å². The predicted octanol–water partition coefficient (Wildman–Crippen LogP) is 2.55. The monoisotopic (exact) mass is 297 g/mol. The molecule has 3 aromatic rings. The molecule has 0 spiro atoms. The topological polar surface area (TPSA) is 16.4 Å². The molecular formula is C19H14BN2O+. The highest BCUT2D eigenvalue weighted by atomic mass is 16.5. The first-order chi connectivity index (χ1) is 11.3. The highest BCUT2D eigenvalue weighted by Gasteiger charge is 2.50. The Labute approximate surface area is 134 Å². The molecule has 3 aliphatic heterocycles. The van der Waals surface area contributed by atoms with Crippen LogP contribution in [0.15, 0.2) is 54.7 Å². The quantitative estimate of drug-likeness (QED) is 0.366. The summed E-state index contributed by atoms with van der Waals surface area (Å²) >= 11 is 0. The molecule has 6 rings (SSSR count). The van der Waals surface area contributed by atoms with E-state index in [0.29, 0.717) is 0 Å². The Morgan fingerprint density at radius 3 is 2.96 bits per heavy atom. The van der Waals surface area contributed by atoms with Gasteiger partial charge in [0.15, 0.2) is 12.7 Å². The maximum absolute atomic E-state index is 6.33. The van der Waals surface area contributed by atoms with Crippen molar-refractivity contribution in [2.24, 2.45) is 0 Å². The molecule has 0 radical (unpaired) electrons. The van der Waals surface area contributed by atoms with E-state index in [-0.39, 0.29) is 7.05 Å². The molecule has 3 nitrogen and oxygen atoms in total. The van der Waals surface area contributed by atoms with Crippen molar-refractivity contribution in [2.75, 3.05) is 4.81 Å². The molecule has 0 atom stereocenters. The minimum Gasteiger partial charge on any atom is -0.536 e. The first-order valence-electron chi connectivity index (χ1n) is 8.02. The maximum Gasteiger partial charge on any atom is 0.525 e. The molecule has 1 aromatic heterocycles. The summed E-state index contributed by atoms with van der Waals surface area (Å²) in [6.07, 6.45) is 2.26. The predicted molar refractivity (Wildman–Crippen MR) is 90.5 cm³/mol. The van der Waals surface area contributed by atoms with Crippen molar-refractivity contribution >= 4 is 23.9 Å². The SMILES string of the molecule is Cc1cc2c3[n+](c1)Cc1cccc(c1-3)B1Oc3ccccc3N12. The normalized spacial score (nSPS) is 15.2. The van der Waals surface area contributed by atoms with Gasteiger partial charge in [0.05, 0.1) is 11.3 Å². The molecular weight excluding hydrogens is 283 g/mol. The number of hydrogen-bond acceptors (Lipinski definition) is 2. The summed E-state index contributed by atoms with van der Waals surface area (Å²) < 4.78 is 8.71. The van der Waals surface area contributed by atoms with Crippen molar-refractivity contribution in [3.63, 3.8) is 0 Å². The van der Waals surface area contributed by atoms with Crippen LogP contribution < -0.4 is 19.5 Å². The van der Waals surface area contributed by atoms with Gasteiger partial charge >= 0.3 is 7.05 Å². The second kappa shape index (κ2) is 3.77.